The Morgan fingerprint density at radius 2 is 2.07 bits per heavy atom. The summed E-state index contributed by atoms with van der Waals surface area (Å²) in [6, 6.07) is 0. The van der Waals surface area contributed by atoms with Gasteiger partial charge in [-0.15, -0.1) is 0 Å². The molecule has 2 aliphatic rings. The third-order valence-corrected chi connectivity index (χ3v) is 5.14. The van der Waals surface area contributed by atoms with Gasteiger partial charge in [-0.25, -0.2) is 0 Å². The predicted molar refractivity (Wildman–Crippen MR) is 60.4 cm³/mol. The number of hydrogen-bond donors (Lipinski definition) is 2. The standard InChI is InChI=1S/C13H24O2/c1-9(8-14)10-5-6-11-12(15)4-3-7-13(10,11)2/h9-12,14-15H,3-8H2,1-2H3/t9-,10?,11+,12+,13-/m1/s1. The van der Waals surface area contributed by atoms with Gasteiger partial charge in [0.05, 0.1) is 6.10 Å². The smallest absolute Gasteiger partial charge is 0.0573 e. The molecule has 0 aliphatic heterocycles. The Labute approximate surface area is 92.7 Å². The van der Waals surface area contributed by atoms with Gasteiger partial charge in [0, 0.05) is 6.61 Å². The van der Waals surface area contributed by atoms with E-state index in [1.807, 2.05) is 0 Å². The molecule has 88 valence electrons. The second-order valence-electron chi connectivity index (χ2n) is 5.92. The molecule has 0 radical (unpaired) electrons. The van der Waals surface area contributed by atoms with Gasteiger partial charge < -0.3 is 10.2 Å². The Hall–Kier alpha value is -0.0800. The molecule has 0 aromatic rings. The minimum Gasteiger partial charge on any atom is -0.396 e. The highest BCUT2D eigenvalue weighted by Gasteiger charge is 2.51. The van der Waals surface area contributed by atoms with Crippen molar-refractivity contribution in [3.63, 3.8) is 0 Å². The van der Waals surface area contributed by atoms with Gasteiger partial charge in [0.15, 0.2) is 0 Å². The third-order valence-electron chi connectivity index (χ3n) is 5.14. The summed E-state index contributed by atoms with van der Waals surface area (Å²) in [7, 11) is 0. The molecule has 0 aromatic carbocycles. The van der Waals surface area contributed by atoms with Crippen LogP contribution in [-0.4, -0.2) is 22.9 Å². The quantitative estimate of drug-likeness (QED) is 0.736. The van der Waals surface area contributed by atoms with Gasteiger partial charge in [0.25, 0.3) is 0 Å². The number of hydrogen-bond acceptors (Lipinski definition) is 2. The molecule has 0 heterocycles. The maximum Gasteiger partial charge on any atom is 0.0573 e. The van der Waals surface area contributed by atoms with Gasteiger partial charge in [0.1, 0.15) is 0 Å². The van der Waals surface area contributed by atoms with Crippen LogP contribution in [0.1, 0.15) is 46.0 Å². The first kappa shape index (κ1) is 11.4. The highest BCUT2D eigenvalue weighted by atomic mass is 16.3. The monoisotopic (exact) mass is 212 g/mol. The second-order valence-corrected chi connectivity index (χ2v) is 5.92. The number of fused-ring (bicyclic) bond motifs is 1. The van der Waals surface area contributed by atoms with E-state index in [0.29, 0.717) is 29.8 Å². The zero-order valence-electron chi connectivity index (χ0n) is 9.95. The first-order valence-corrected chi connectivity index (χ1v) is 6.38. The van der Waals surface area contributed by atoms with Crippen molar-refractivity contribution in [1.82, 2.24) is 0 Å². The Morgan fingerprint density at radius 3 is 2.73 bits per heavy atom. The maximum absolute atomic E-state index is 10.1. The van der Waals surface area contributed by atoms with Crippen LogP contribution in [0.3, 0.4) is 0 Å². The van der Waals surface area contributed by atoms with E-state index in [2.05, 4.69) is 13.8 Å². The molecule has 0 bridgehead atoms. The van der Waals surface area contributed by atoms with Gasteiger partial charge in [0.2, 0.25) is 0 Å². The van der Waals surface area contributed by atoms with Crippen molar-refractivity contribution in [3.05, 3.63) is 0 Å². The molecule has 2 fully saturated rings. The fourth-order valence-electron chi connectivity index (χ4n) is 4.25. The second kappa shape index (κ2) is 4.06. The van der Waals surface area contributed by atoms with Crippen molar-refractivity contribution in [2.24, 2.45) is 23.2 Å². The molecule has 5 atom stereocenters. The first-order chi connectivity index (χ1) is 7.09. The lowest BCUT2D eigenvalue weighted by Gasteiger charge is -2.45. The lowest BCUT2D eigenvalue weighted by molar-refractivity contribution is -0.0321. The maximum atomic E-state index is 10.1. The van der Waals surface area contributed by atoms with E-state index in [9.17, 15) is 10.2 Å². The van der Waals surface area contributed by atoms with E-state index >= 15 is 0 Å². The number of rotatable bonds is 2. The van der Waals surface area contributed by atoms with Crippen LogP contribution in [0.5, 0.6) is 0 Å². The van der Waals surface area contributed by atoms with Crippen molar-refractivity contribution < 1.29 is 10.2 Å². The zero-order chi connectivity index (χ0) is 11.1. The molecule has 2 saturated carbocycles. The SMILES string of the molecule is C[C@H](CO)C1CC[C@H]2[C@@H](O)CCC[C@]12C. The Kier molecular flexibility index (Phi) is 3.09. The van der Waals surface area contributed by atoms with Crippen LogP contribution in [0, 0.1) is 23.2 Å². The summed E-state index contributed by atoms with van der Waals surface area (Å²) < 4.78 is 0. The van der Waals surface area contributed by atoms with E-state index in [4.69, 9.17) is 0 Å². The lowest BCUT2D eigenvalue weighted by atomic mass is 9.62. The van der Waals surface area contributed by atoms with Gasteiger partial charge in [-0.05, 0) is 48.9 Å². The summed E-state index contributed by atoms with van der Waals surface area (Å²) in [4.78, 5) is 0. The van der Waals surface area contributed by atoms with Crippen molar-refractivity contribution in [2.45, 2.75) is 52.1 Å². The van der Waals surface area contributed by atoms with Crippen molar-refractivity contribution in [3.8, 4) is 0 Å². The van der Waals surface area contributed by atoms with Crippen LogP contribution < -0.4 is 0 Å². The van der Waals surface area contributed by atoms with Crippen LogP contribution in [0.2, 0.25) is 0 Å². The summed E-state index contributed by atoms with van der Waals surface area (Å²) in [5, 5.41) is 19.4. The Bertz CT molecular complexity index is 229. The van der Waals surface area contributed by atoms with Crippen molar-refractivity contribution >= 4 is 0 Å². The van der Waals surface area contributed by atoms with Gasteiger partial charge in [-0.3, -0.25) is 0 Å². The van der Waals surface area contributed by atoms with Crippen molar-refractivity contribution in [1.29, 1.82) is 0 Å². The van der Waals surface area contributed by atoms with Gasteiger partial charge in [-0.1, -0.05) is 20.3 Å². The molecule has 2 nitrogen and oxygen atoms in total. The van der Waals surface area contributed by atoms with Gasteiger partial charge >= 0.3 is 0 Å². The summed E-state index contributed by atoms with van der Waals surface area (Å²) in [6.07, 6.45) is 5.65. The highest BCUT2D eigenvalue weighted by molar-refractivity contribution is 5.01. The Morgan fingerprint density at radius 1 is 1.33 bits per heavy atom. The molecule has 0 aromatic heterocycles. The van der Waals surface area contributed by atoms with Crippen LogP contribution in [-0.2, 0) is 0 Å². The predicted octanol–water partition coefficient (Wildman–Crippen LogP) is 2.19. The lowest BCUT2D eigenvalue weighted by Crippen LogP contribution is -2.41. The van der Waals surface area contributed by atoms with Crippen LogP contribution in [0.4, 0.5) is 0 Å². The summed E-state index contributed by atoms with van der Waals surface area (Å²) in [5.41, 5.74) is 0.291. The molecule has 2 heteroatoms. The van der Waals surface area contributed by atoms with Crippen LogP contribution in [0.15, 0.2) is 0 Å². The first-order valence-electron chi connectivity index (χ1n) is 6.38. The normalized spacial score (nSPS) is 47.6. The summed E-state index contributed by atoms with van der Waals surface area (Å²) in [5.74, 6) is 1.50. The molecule has 2 aliphatic carbocycles. The molecular weight excluding hydrogens is 188 g/mol. The fraction of sp³-hybridized carbons (Fsp3) is 1.00. The third kappa shape index (κ3) is 1.72. The number of aliphatic hydroxyl groups excluding tert-OH is 2. The highest BCUT2D eigenvalue weighted by Crippen LogP contribution is 2.57. The molecular formula is C13H24O2. The van der Waals surface area contributed by atoms with Crippen molar-refractivity contribution in [2.75, 3.05) is 6.61 Å². The average molecular weight is 212 g/mol. The van der Waals surface area contributed by atoms with Crippen LogP contribution in [0.25, 0.3) is 0 Å². The molecule has 2 N–H and O–H groups in total. The molecule has 15 heavy (non-hydrogen) atoms. The van der Waals surface area contributed by atoms with E-state index < -0.39 is 0 Å². The van der Waals surface area contributed by atoms with Gasteiger partial charge in [-0.2, -0.15) is 0 Å². The fourth-order valence-corrected chi connectivity index (χ4v) is 4.25. The van der Waals surface area contributed by atoms with E-state index in [1.165, 1.54) is 12.8 Å². The van der Waals surface area contributed by atoms with E-state index in [1.54, 1.807) is 0 Å². The number of aliphatic hydroxyl groups is 2. The zero-order valence-corrected chi connectivity index (χ0v) is 9.95. The minimum absolute atomic E-state index is 0.0837. The molecule has 0 saturated heterocycles. The summed E-state index contributed by atoms with van der Waals surface area (Å²) >= 11 is 0. The molecule has 1 unspecified atom stereocenters. The van der Waals surface area contributed by atoms with E-state index in [-0.39, 0.29) is 6.10 Å². The Balaban J connectivity index is 2.17. The largest absolute Gasteiger partial charge is 0.396 e. The van der Waals surface area contributed by atoms with Crippen LogP contribution >= 0.6 is 0 Å². The molecule has 2 rings (SSSR count). The molecule has 0 amide bonds. The van der Waals surface area contributed by atoms with E-state index in [0.717, 1.165) is 19.3 Å². The summed E-state index contributed by atoms with van der Waals surface area (Å²) in [6.45, 7) is 4.78. The molecule has 0 spiro atoms. The average Bonchev–Trinajstić information content (AvgIpc) is 2.56. The minimum atomic E-state index is -0.0837. The topological polar surface area (TPSA) is 40.5 Å².